The SMILES string of the molecule is O=[N+]([O-])c1cc(-c2nc3ccc(Cl)cc3[nH]2)ccc1Cl. The van der Waals surface area contributed by atoms with E-state index in [1.165, 1.54) is 12.1 Å². The molecule has 0 fully saturated rings. The molecule has 0 spiro atoms. The summed E-state index contributed by atoms with van der Waals surface area (Å²) in [7, 11) is 0. The molecule has 7 heteroatoms. The molecular weight excluding hydrogens is 301 g/mol. The van der Waals surface area contributed by atoms with Crippen LogP contribution in [0.2, 0.25) is 10.0 Å². The van der Waals surface area contributed by atoms with Gasteiger partial charge in [0.05, 0.1) is 16.0 Å². The smallest absolute Gasteiger partial charge is 0.288 e. The third-order valence-electron chi connectivity index (χ3n) is 2.86. The maximum absolute atomic E-state index is 10.9. The fourth-order valence-electron chi connectivity index (χ4n) is 1.92. The van der Waals surface area contributed by atoms with E-state index in [0.29, 0.717) is 16.4 Å². The number of nitro benzene ring substituents is 1. The van der Waals surface area contributed by atoms with Gasteiger partial charge in [0.25, 0.3) is 5.69 Å². The van der Waals surface area contributed by atoms with E-state index in [9.17, 15) is 10.1 Å². The van der Waals surface area contributed by atoms with E-state index in [4.69, 9.17) is 23.2 Å². The average Bonchev–Trinajstić information content (AvgIpc) is 2.81. The lowest BCUT2D eigenvalue weighted by atomic mass is 10.2. The molecule has 20 heavy (non-hydrogen) atoms. The molecule has 5 nitrogen and oxygen atoms in total. The first-order valence-corrected chi connectivity index (χ1v) is 6.40. The van der Waals surface area contributed by atoms with E-state index in [0.717, 1.165) is 11.0 Å². The van der Waals surface area contributed by atoms with Crippen LogP contribution in [0.3, 0.4) is 0 Å². The number of fused-ring (bicyclic) bond motifs is 1. The molecule has 0 bridgehead atoms. The van der Waals surface area contributed by atoms with Crippen LogP contribution in [0.25, 0.3) is 22.4 Å². The number of benzene rings is 2. The standard InChI is InChI=1S/C13H7Cl2N3O2/c14-8-2-4-10-11(6-8)17-13(16-10)7-1-3-9(15)12(5-7)18(19)20/h1-6H,(H,16,17). The Morgan fingerprint density at radius 2 is 1.95 bits per heavy atom. The molecule has 100 valence electrons. The molecule has 0 amide bonds. The number of aromatic amines is 1. The number of nitro groups is 1. The van der Waals surface area contributed by atoms with Crippen LogP contribution >= 0.6 is 23.2 Å². The fourth-order valence-corrected chi connectivity index (χ4v) is 2.28. The monoisotopic (exact) mass is 307 g/mol. The van der Waals surface area contributed by atoms with Crippen LogP contribution in [0.4, 0.5) is 5.69 Å². The molecule has 1 aromatic heterocycles. The molecule has 0 saturated heterocycles. The third kappa shape index (κ3) is 2.21. The highest BCUT2D eigenvalue weighted by Crippen LogP contribution is 2.30. The highest BCUT2D eigenvalue weighted by Gasteiger charge is 2.15. The topological polar surface area (TPSA) is 71.8 Å². The molecule has 2 aromatic carbocycles. The number of aromatic nitrogens is 2. The number of rotatable bonds is 2. The van der Waals surface area contributed by atoms with Crippen LogP contribution in [0, 0.1) is 10.1 Å². The largest absolute Gasteiger partial charge is 0.338 e. The van der Waals surface area contributed by atoms with Crippen molar-refractivity contribution in [2.75, 3.05) is 0 Å². The van der Waals surface area contributed by atoms with Gasteiger partial charge in [-0.05, 0) is 30.3 Å². The molecule has 1 N–H and O–H groups in total. The number of hydrogen-bond acceptors (Lipinski definition) is 3. The van der Waals surface area contributed by atoms with Gasteiger partial charge < -0.3 is 4.98 Å². The summed E-state index contributed by atoms with van der Waals surface area (Å²) >= 11 is 11.7. The fraction of sp³-hybridized carbons (Fsp3) is 0. The van der Waals surface area contributed by atoms with Gasteiger partial charge in [-0.15, -0.1) is 0 Å². The van der Waals surface area contributed by atoms with Crippen molar-refractivity contribution in [2.45, 2.75) is 0 Å². The van der Waals surface area contributed by atoms with Crippen molar-refractivity contribution in [3.05, 3.63) is 56.6 Å². The molecule has 0 saturated carbocycles. The minimum absolute atomic E-state index is 0.0953. The summed E-state index contributed by atoms with van der Waals surface area (Å²) in [4.78, 5) is 17.8. The average molecular weight is 308 g/mol. The van der Waals surface area contributed by atoms with E-state index in [2.05, 4.69) is 9.97 Å². The normalized spacial score (nSPS) is 10.9. The Bertz CT molecular complexity index is 830. The van der Waals surface area contributed by atoms with Gasteiger partial charge in [0.15, 0.2) is 0 Å². The van der Waals surface area contributed by atoms with Crippen molar-refractivity contribution in [3.8, 4) is 11.4 Å². The first-order valence-electron chi connectivity index (χ1n) is 5.64. The Balaban J connectivity index is 2.15. The van der Waals surface area contributed by atoms with Crippen LogP contribution in [0.15, 0.2) is 36.4 Å². The van der Waals surface area contributed by atoms with Crippen molar-refractivity contribution < 1.29 is 4.92 Å². The number of H-pyrrole nitrogens is 1. The van der Waals surface area contributed by atoms with Gasteiger partial charge >= 0.3 is 0 Å². The first kappa shape index (κ1) is 12.9. The Morgan fingerprint density at radius 1 is 1.15 bits per heavy atom. The van der Waals surface area contributed by atoms with Gasteiger partial charge in [0.1, 0.15) is 10.8 Å². The summed E-state index contributed by atoms with van der Waals surface area (Å²) in [6.45, 7) is 0. The quantitative estimate of drug-likeness (QED) is 0.561. The maximum atomic E-state index is 10.9. The zero-order chi connectivity index (χ0) is 14.3. The number of halogens is 2. The number of hydrogen-bond donors (Lipinski definition) is 1. The predicted octanol–water partition coefficient (Wildman–Crippen LogP) is 4.44. The number of nitrogens with one attached hydrogen (secondary N) is 1. The summed E-state index contributed by atoms with van der Waals surface area (Å²) in [6.07, 6.45) is 0. The van der Waals surface area contributed by atoms with Gasteiger partial charge in [0, 0.05) is 16.7 Å². The van der Waals surface area contributed by atoms with Crippen molar-refractivity contribution >= 4 is 39.9 Å². The Labute approximate surface area is 123 Å². The molecule has 0 aliphatic rings. The Kier molecular flexibility index (Phi) is 3.08. The van der Waals surface area contributed by atoms with Crippen molar-refractivity contribution in [3.63, 3.8) is 0 Å². The van der Waals surface area contributed by atoms with Crippen LogP contribution in [0.5, 0.6) is 0 Å². The molecule has 0 atom stereocenters. The zero-order valence-electron chi connectivity index (χ0n) is 9.93. The minimum atomic E-state index is -0.522. The van der Waals surface area contributed by atoms with Gasteiger partial charge in [-0.2, -0.15) is 0 Å². The second kappa shape index (κ2) is 4.77. The highest BCUT2D eigenvalue weighted by atomic mass is 35.5. The van der Waals surface area contributed by atoms with E-state index in [1.807, 2.05) is 0 Å². The van der Waals surface area contributed by atoms with Gasteiger partial charge in [-0.1, -0.05) is 23.2 Å². The predicted molar refractivity (Wildman–Crippen MR) is 78.2 cm³/mol. The van der Waals surface area contributed by atoms with Gasteiger partial charge in [-0.25, -0.2) is 4.98 Å². The summed E-state index contributed by atoms with van der Waals surface area (Å²) in [5, 5.41) is 11.6. The number of nitrogens with zero attached hydrogens (tertiary/aromatic N) is 2. The third-order valence-corrected chi connectivity index (χ3v) is 3.41. The second-order valence-corrected chi connectivity index (χ2v) is 5.01. The summed E-state index contributed by atoms with van der Waals surface area (Å²) in [5.41, 5.74) is 1.95. The molecule has 3 rings (SSSR count). The van der Waals surface area contributed by atoms with E-state index in [1.54, 1.807) is 24.3 Å². The Morgan fingerprint density at radius 3 is 2.70 bits per heavy atom. The van der Waals surface area contributed by atoms with Crippen LogP contribution in [-0.4, -0.2) is 14.9 Å². The lowest BCUT2D eigenvalue weighted by molar-refractivity contribution is -0.384. The van der Waals surface area contributed by atoms with Crippen molar-refractivity contribution in [1.29, 1.82) is 0 Å². The van der Waals surface area contributed by atoms with E-state index < -0.39 is 4.92 Å². The lowest BCUT2D eigenvalue weighted by Gasteiger charge is -1.98. The van der Waals surface area contributed by atoms with E-state index >= 15 is 0 Å². The maximum Gasteiger partial charge on any atom is 0.288 e. The minimum Gasteiger partial charge on any atom is -0.338 e. The summed E-state index contributed by atoms with van der Waals surface area (Å²) < 4.78 is 0. The highest BCUT2D eigenvalue weighted by molar-refractivity contribution is 6.32. The van der Waals surface area contributed by atoms with Gasteiger partial charge in [-0.3, -0.25) is 10.1 Å². The molecule has 0 aliphatic heterocycles. The number of imidazole rings is 1. The first-order chi connectivity index (χ1) is 9.54. The van der Waals surface area contributed by atoms with Crippen molar-refractivity contribution in [2.24, 2.45) is 0 Å². The molecule has 1 heterocycles. The van der Waals surface area contributed by atoms with E-state index in [-0.39, 0.29) is 10.7 Å². The molecular formula is C13H7Cl2N3O2. The van der Waals surface area contributed by atoms with Crippen LogP contribution in [-0.2, 0) is 0 Å². The molecule has 0 aliphatic carbocycles. The Hall–Kier alpha value is -2.11. The molecule has 3 aromatic rings. The lowest BCUT2D eigenvalue weighted by Crippen LogP contribution is -1.90. The molecule has 0 radical (unpaired) electrons. The van der Waals surface area contributed by atoms with Gasteiger partial charge in [0.2, 0.25) is 0 Å². The van der Waals surface area contributed by atoms with Crippen molar-refractivity contribution in [1.82, 2.24) is 9.97 Å². The molecule has 0 unspecified atom stereocenters. The summed E-state index contributed by atoms with van der Waals surface area (Å²) in [5.74, 6) is 0.530. The zero-order valence-corrected chi connectivity index (χ0v) is 11.4. The van der Waals surface area contributed by atoms with Crippen LogP contribution < -0.4 is 0 Å². The second-order valence-electron chi connectivity index (χ2n) is 4.17. The van der Waals surface area contributed by atoms with Crippen LogP contribution in [0.1, 0.15) is 0 Å². The summed E-state index contributed by atoms with van der Waals surface area (Å²) in [6, 6.07) is 9.81.